The largest absolute Gasteiger partial charge is 0.296 e. The van der Waals surface area contributed by atoms with Crippen LogP contribution in [0, 0.1) is 18.3 Å². The Morgan fingerprint density at radius 3 is 2.83 bits per heavy atom. The summed E-state index contributed by atoms with van der Waals surface area (Å²) in [6.45, 7) is 3.77. The molecule has 0 saturated carbocycles. The summed E-state index contributed by atoms with van der Waals surface area (Å²) in [5, 5.41) is 10.9. The summed E-state index contributed by atoms with van der Waals surface area (Å²) in [6.07, 6.45) is 0. The van der Waals surface area contributed by atoms with Gasteiger partial charge >= 0.3 is 0 Å². The van der Waals surface area contributed by atoms with E-state index >= 15 is 0 Å². The maximum atomic E-state index is 8.84. The van der Waals surface area contributed by atoms with E-state index in [1.165, 1.54) is 11.1 Å². The van der Waals surface area contributed by atoms with E-state index in [-0.39, 0.29) is 0 Å². The van der Waals surface area contributed by atoms with E-state index in [2.05, 4.69) is 28.4 Å². The van der Waals surface area contributed by atoms with E-state index in [0.29, 0.717) is 0 Å². The van der Waals surface area contributed by atoms with Crippen molar-refractivity contribution < 1.29 is 0 Å². The maximum absolute atomic E-state index is 8.84. The van der Waals surface area contributed by atoms with E-state index in [1.54, 1.807) is 11.3 Å². The van der Waals surface area contributed by atoms with Gasteiger partial charge < -0.3 is 0 Å². The Bertz CT molecular complexity index is 555. The molecule has 3 nitrogen and oxygen atoms in total. The van der Waals surface area contributed by atoms with Gasteiger partial charge in [-0.25, -0.2) is 4.98 Å². The number of nitrogens with zero attached hydrogens (tertiary/aromatic N) is 3. The van der Waals surface area contributed by atoms with E-state index < -0.39 is 0 Å². The third-order valence-corrected chi connectivity index (χ3v) is 3.46. The normalized spacial score (nSPS) is 10.6. The van der Waals surface area contributed by atoms with Gasteiger partial charge in [0.2, 0.25) is 0 Å². The van der Waals surface area contributed by atoms with E-state index in [0.717, 1.165) is 24.3 Å². The number of benzene rings is 1. The van der Waals surface area contributed by atoms with Crippen molar-refractivity contribution in [1.82, 2.24) is 9.88 Å². The van der Waals surface area contributed by atoms with Crippen LogP contribution in [0.25, 0.3) is 0 Å². The van der Waals surface area contributed by atoms with Crippen molar-refractivity contribution in [3.63, 3.8) is 0 Å². The van der Waals surface area contributed by atoms with Gasteiger partial charge in [0.15, 0.2) is 0 Å². The Kier molecular flexibility index (Phi) is 4.08. The zero-order valence-electron chi connectivity index (χ0n) is 10.6. The summed E-state index contributed by atoms with van der Waals surface area (Å²) in [5.74, 6) is 0. The average molecular weight is 257 g/mol. The number of rotatable bonds is 4. The van der Waals surface area contributed by atoms with Crippen LogP contribution >= 0.6 is 11.3 Å². The van der Waals surface area contributed by atoms with Crippen LogP contribution in [0.5, 0.6) is 0 Å². The molecule has 0 radical (unpaired) electrons. The quantitative estimate of drug-likeness (QED) is 0.845. The predicted octanol–water partition coefficient (Wildman–Crippen LogP) is 2.96. The number of aromatic nitrogens is 1. The second-order valence-electron chi connectivity index (χ2n) is 4.41. The molecule has 4 heteroatoms. The number of nitriles is 1. The second kappa shape index (κ2) is 5.76. The molecule has 0 bridgehead atoms. The lowest BCUT2D eigenvalue weighted by Crippen LogP contribution is -2.18. The van der Waals surface area contributed by atoms with Crippen molar-refractivity contribution in [2.24, 2.45) is 0 Å². The van der Waals surface area contributed by atoms with Gasteiger partial charge in [0.1, 0.15) is 0 Å². The topological polar surface area (TPSA) is 39.9 Å². The van der Waals surface area contributed by atoms with Gasteiger partial charge in [-0.2, -0.15) is 5.26 Å². The van der Waals surface area contributed by atoms with E-state index in [9.17, 15) is 0 Å². The van der Waals surface area contributed by atoms with Gasteiger partial charge in [-0.1, -0.05) is 6.07 Å². The predicted molar refractivity (Wildman–Crippen MR) is 73.2 cm³/mol. The molecule has 1 aromatic carbocycles. The molecule has 0 spiro atoms. The van der Waals surface area contributed by atoms with Crippen molar-refractivity contribution in [3.8, 4) is 6.07 Å². The summed E-state index contributed by atoms with van der Waals surface area (Å²) >= 11 is 1.62. The van der Waals surface area contributed by atoms with E-state index in [1.807, 2.05) is 30.6 Å². The Morgan fingerprint density at radius 2 is 2.22 bits per heavy atom. The summed E-state index contributed by atoms with van der Waals surface area (Å²) in [6, 6.07) is 8.01. The highest BCUT2D eigenvalue weighted by Crippen LogP contribution is 2.14. The van der Waals surface area contributed by atoms with Crippen LogP contribution < -0.4 is 0 Å². The molecule has 2 aromatic rings. The standard InChI is InChI=1S/C14H15N3S/c1-11-5-12(6-15)3-4-13(11)7-17(2)8-14-9-18-10-16-14/h3-5,9-10H,7-8H2,1-2H3. The highest BCUT2D eigenvalue weighted by Gasteiger charge is 2.06. The number of hydrogen-bond donors (Lipinski definition) is 0. The Balaban J connectivity index is 2.03. The van der Waals surface area contributed by atoms with Crippen molar-refractivity contribution in [2.75, 3.05) is 7.05 Å². The molecule has 0 unspecified atom stereocenters. The maximum Gasteiger partial charge on any atom is 0.0991 e. The highest BCUT2D eigenvalue weighted by molar-refractivity contribution is 7.07. The van der Waals surface area contributed by atoms with Crippen LogP contribution in [0.4, 0.5) is 0 Å². The third kappa shape index (κ3) is 3.16. The molecule has 0 saturated heterocycles. The van der Waals surface area contributed by atoms with Crippen LogP contribution in [-0.4, -0.2) is 16.9 Å². The molecule has 0 N–H and O–H groups in total. The molecule has 0 aliphatic heterocycles. The molecule has 0 aliphatic carbocycles. The highest BCUT2D eigenvalue weighted by atomic mass is 32.1. The lowest BCUT2D eigenvalue weighted by molar-refractivity contribution is 0.315. The van der Waals surface area contributed by atoms with Gasteiger partial charge in [0.25, 0.3) is 0 Å². The molecular formula is C14H15N3S. The molecule has 0 fully saturated rings. The Morgan fingerprint density at radius 1 is 1.39 bits per heavy atom. The monoisotopic (exact) mass is 257 g/mol. The van der Waals surface area contributed by atoms with Gasteiger partial charge in [0, 0.05) is 18.5 Å². The van der Waals surface area contributed by atoms with Crippen molar-refractivity contribution in [3.05, 3.63) is 51.5 Å². The lowest BCUT2D eigenvalue weighted by atomic mass is 10.1. The minimum absolute atomic E-state index is 0.721. The smallest absolute Gasteiger partial charge is 0.0991 e. The van der Waals surface area contributed by atoms with Gasteiger partial charge in [0.05, 0.1) is 22.8 Å². The minimum atomic E-state index is 0.721. The molecule has 1 aromatic heterocycles. The number of aryl methyl sites for hydroxylation is 1. The first-order valence-electron chi connectivity index (χ1n) is 5.74. The zero-order valence-corrected chi connectivity index (χ0v) is 11.4. The molecule has 2 rings (SSSR count). The molecule has 0 amide bonds. The first-order chi connectivity index (χ1) is 8.69. The Hall–Kier alpha value is -1.70. The summed E-state index contributed by atoms with van der Waals surface area (Å²) in [5.41, 5.74) is 6.11. The fourth-order valence-corrected chi connectivity index (χ4v) is 2.43. The van der Waals surface area contributed by atoms with Crippen LogP contribution in [0.2, 0.25) is 0 Å². The number of hydrogen-bond acceptors (Lipinski definition) is 4. The first kappa shape index (κ1) is 12.7. The molecule has 18 heavy (non-hydrogen) atoms. The minimum Gasteiger partial charge on any atom is -0.296 e. The molecule has 0 atom stereocenters. The summed E-state index contributed by atoms with van der Waals surface area (Å²) in [7, 11) is 2.08. The van der Waals surface area contributed by atoms with Crippen LogP contribution in [-0.2, 0) is 13.1 Å². The van der Waals surface area contributed by atoms with Crippen LogP contribution in [0.3, 0.4) is 0 Å². The Labute approximate surface area is 111 Å². The summed E-state index contributed by atoms with van der Waals surface area (Å²) < 4.78 is 0. The second-order valence-corrected chi connectivity index (χ2v) is 5.12. The molecule has 0 aliphatic rings. The third-order valence-electron chi connectivity index (χ3n) is 2.83. The average Bonchev–Trinajstić information content (AvgIpc) is 2.84. The van der Waals surface area contributed by atoms with Gasteiger partial charge in [-0.3, -0.25) is 4.90 Å². The summed E-state index contributed by atoms with van der Waals surface area (Å²) in [4.78, 5) is 6.51. The van der Waals surface area contributed by atoms with Crippen LogP contribution in [0.1, 0.15) is 22.4 Å². The fourth-order valence-electron chi connectivity index (χ4n) is 1.88. The van der Waals surface area contributed by atoms with Crippen LogP contribution in [0.15, 0.2) is 29.1 Å². The fraction of sp³-hybridized carbons (Fsp3) is 0.286. The van der Waals surface area contributed by atoms with E-state index in [4.69, 9.17) is 5.26 Å². The van der Waals surface area contributed by atoms with Gasteiger partial charge in [-0.05, 0) is 37.2 Å². The first-order valence-corrected chi connectivity index (χ1v) is 6.68. The van der Waals surface area contributed by atoms with Crippen molar-refractivity contribution in [1.29, 1.82) is 5.26 Å². The lowest BCUT2D eigenvalue weighted by Gasteiger charge is -2.17. The molecular weight excluding hydrogens is 242 g/mol. The zero-order chi connectivity index (χ0) is 13.0. The van der Waals surface area contributed by atoms with Crippen molar-refractivity contribution >= 4 is 11.3 Å². The molecule has 92 valence electrons. The SMILES string of the molecule is Cc1cc(C#N)ccc1CN(C)Cc1cscn1. The molecule has 1 heterocycles. The number of thiazole rings is 1. The van der Waals surface area contributed by atoms with Gasteiger partial charge in [-0.15, -0.1) is 11.3 Å². The van der Waals surface area contributed by atoms with Crippen molar-refractivity contribution in [2.45, 2.75) is 20.0 Å².